The molecule has 0 aromatic carbocycles. The van der Waals surface area contributed by atoms with Crippen LogP contribution in [-0.2, 0) is 9.31 Å². The van der Waals surface area contributed by atoms with Gasteiger partial charge in [0.15, 0.2) is 5.82 Å². The van der Waals surface area contributed by atoms with Crippen LogP contribution in [0, 0.1) is 12.7 Å². The molecule has 3 heterocycles. The predicted octanol–water partition coefficient (Wildman–Crippen LogP) is 2.01. The molecule has 0 radical (unpaired) electrons. The summed E-state index contributed by atoms with van der Waals surface area (Å²) in [6, 6.07) is 3.18. The summed E-state index contributed by atoms with van der Waals surface area (Å²) in [4.78, 5) is 4.26. The monoisotopic (exact) mass is 303 g/mol. The molecule has 0 amide bonds. The number of pyridine rings is 1. The third-order valence-electron chi connectivity index (χ3n) is 4.33. The van der Waals surface area contributed by atoms with Crippen LogP contribution < -0.4 is 5.46 Å². The lowest BCUT2D eigenvalue weighted by molar-refractivity contribution is 0.00578. The van der Waals surface area contributed by atoms with Gasteiger partial charge in [0.25, 0.3) is 0 Å². The fourth-order valence-electron chi connectivity index (χ4n) is 2.24. The van der Waals surface area contributed by atoms with Crippen molar-refractivity contribution >= 4 is 12.6 Å². The van der Waals surface area contributed by atoms with Crippen molar-refractivity contribution in [1.29, 1.82) is 0 Å². The predicted molar refractivity (Wildman–Crippen MR) is 81.8 cm³/mol. The second kappa shape index (κ2) is 4.89. The fraction of sp³-hybridized carbons (Fsp3) is 0.467. The average Bonchev–Trinajstić information content (AvgIpc) is 2.91. The highest BCUT2D eigenvalue weighted by atomic mass is 19.1. The molecule has 2 aromatic heterocycles. The standard InChI is InChI=1S/C15H19BFN3O2/c1-10-6-7-20(19-10)13-8-12(17)11(9-18-13)16-21-14(2,3)15(4,5)22-16/h6-9H,1-5H3. The summed E-state index contributed by atoms with van der Waals surface area (Å²) in [5.41, 5.74) is 0.118. The van der Waals surface area contributed by atoms with Gasteiger partial charge in [-0.2, -0.15) is 5.10 Å². The number of nitrogens with zero attached hydrogens (tertiary/aromatic N) is 3. The highest BCUT2D eigenvalue weighted by molar-refractivity contribution is 6.62. The Morgan fingerprint density at radius 2 is 1.82 bits per heavy atom. The van der Waals surface area contributed by atoms with Gasteiger partial charge in [0, 0.05) is 23.9 Å². The van der Waals surface area contributed by atoms with Crippen molar-refractivity contribution in [2.45, 2.75) is 45.8 Å². The maximum atomic E-state index is 14.5. The van der Waals surface area contributed by atoms with Crippen molar-refractivity contribution in [3.8, 4) is 5.82 Å². The molecular formula is C15H19BFN3O2. The van der Waals surface area contributed by atoms with Crippen molar-refractivity contribution in [3.05, 3.63) is 36.0 Å². The van der Waals surface area contributed by atoms with Crippen molar-refractivity contribution in [2.75, 3.05) is 0 Å². The molecule has 5 nitrogen and oxygen atoms in total. The third-order valence-corrected chi connectivity index (χ3v) is 4.33. The molecule has 7 heteroatoms. The van der Waals surface area contributed by atoms with Gasteiger partial charge in [-0.3, -0.25) is 0 Å². The molecule has 0 N–H and O–H groups in total. The van der Waals surface area contributed by atoms with Gasteiger partial charge in [-0.25, -0.2) is 14.1 Å². The van der Waals surface area contributed by atoms with E-state index in [-0.39, 0.29) is 0 Å². The number of hydrogen-bond donors (Lipinski definition) is 0. The first kappa shape index (κ1) is 15.2. The van der Waals surface area contributed by atoms with Gasteiger partial charge in [-0.1, -0.05) is 0 Å². The van der Waals surface area contributed by atoms with Crippen LogP contribution in [0.15, 0.2) is 24.5 Å². The highest BCUT2D eigenvalue weighted by Crippen LogP contribution is 2.36. The molecule has 0 aliphatic carbocycles. The third kappa shape index (κ3) is 2.44. The van der Waals surface area contributed by atoms with Crippen LogP contribution in [0.5, 0.6) is 0 Å². The zero-order valence-electron chi connectivity index (χ0n) is 13.4. The lowest BCUT2D eigenvalue weighted by Crippen LogP contribution is -2.41. The quantitative estimate of drug-likeness (QED) is 0.796. The fourth-order valence-corrected chi connectivity index (χ4v) is 2.24. The Labute approximate surface area is 129 Å². The Hall–Kier alpha value is -1.73. The van der Waals surface area contributed by atoms with Crippen LogP contribution in [0.3, 0.4) is 0 Å². The Morgan fingerprint density at radius 3 is 2.32 bits per heavy atom. The van der Waals surface area contributed by atoms with E-state index in [4.69, 9.17) is 9.31 Å². The van der Waals surface area contributed by atoms with E-state index >= 15 is 0 Å². The summed E-state index contributed by atoms with van der Waals surface area (Å²) in [5.74, 6) is 0.00233. The van der Waals surface area contributed by atoms with Gasteiger partial charge in [0.1, 0.15) is 5.82 Å². The average molecular weight is 303 g/mol. The van der Waals surface area contributed by atoms with E-state index in [1.54, 1.807) is 6.20 Å². The van der Waals surface area contributed by atoms with Crippen molar-refractivity contribution in [3.63, 3.8) is 0 Å². The van der Waals surface area contributed by atoms with Gasteiger partial charge in [-0.15, -0.1) is 0 Å². The van der Waals surface area contributed by atoms with Crippen LogP contribution >= 0.6 is 0 Å². The normalized spacial score (nSPS) is 19.6. The van der Waals surface area contributed by atoms with Gasteiger partial charge in [-0.05, 0) is 40.7 Å². The van der Waals surface area contributed by atoms with E-state index in [9.17, 15) is 4.39 Å². The molecule has 0 unspecified atom stereocenters. The van der Waals surface area contributed by atoms with E-state index in [0.29, 0.717) is 11.3 Å². The number of aromatic nitrogens is 3. The lowest BCUT2D eigenvalue weighted by Gasteiger charge is -2.32. The van der Waals surface area contributed by atoms with E-state index in [2.05, 4.69) is 10.1 Å². The minimum Gasteiger partial charge on any atom is -0.399 e. The molecular weight excluding hydrogens is 284 g/mol. The minimum atomic E-state index is -0.758. The zero-order chi connectivity index (χ0) is 16.1. The van der Waals surface area contributed by atoms with Crippen LogP contribution in [0.4, 0.5) is 4.39 Å². The zero-order valence-corrected chi connectivity index (χ0v) is 13.4. The van der Waals surface area contributed by atoms with Gasteiger partial charge in [0.05, 0.1) is 16.9 Å². The van der Waals surface area contributed by atoms with Crippen molar-refractivity contribution in [2.24, 2.45) is 0 Å². The maximum Gasteiger partial charge on any atom is 0.499 e. The Kier molecular flexibility index (Phi) is 3.38. The smallest absolute Gasteiger partial charge is 0.399 e. The molecule has 1 aliphatic heterocycles. The first-order chi connectivity index (χ1) is 10.2. The first-order valence-corrected chi connectivity index (χ1v) is 7.23. The molecule has 0 spiro atoms. The van der Waals surface area contributed by atoms with Crippen LogP contribution in [0.25, 0.3) is 5.82 Å². The first-order valence-electron chi connectivity index (χ1n) is 7.23. The van der Waals surface area contributed by atoms with Crippen molar-refractivity contribution < 1.29 is 13.7 Å². The van der Waals surface area contributed by atoms with Crippen LogP contribution in [-0.4, -0.2) is 33.1 Å². The van der Waals surface area contributed by atoms with Gasteiger partial charge >= 0.3 is 7.12 Å². The number of rotatable bonds is 2. The summed E-state index contributed by atoms with van der Waals surface area (Å²) in [5, 5.41) is 4.22. The molecule has 0 bridgehead atoms. The second-order valence-electron chi connectivity index (χ2n) is 6.55. The summed E-state index contributed by atoms with van der Waals surface area (Å²) in [6.07, 6.45) is 3.19. The summed E-state index contributed by atoms with van der Waals surface area (Å²) in [7, 11) is -0.758. The van der Waals surface area contributed by atoms with Crippen molar-refractivity contribution in [1.82, 2.24) is 14.8 Å². The van der Waals surface area contributed by atoms with E-state index in [1.165, 1.54) is 16.9 Å². The Morgan fingerprint density at radius 1 is 1.18 bits per heavy atom. The Bertz CT molecular complexity index is 699. The number of aryl methyl sites for hydroxylation is 1. The second-order valence-corrected chi connectivity index (χ2v) is 6.55. The van der Waals surface area contributed by atoms with Gasteiger partial charge in [0.2, 0.25) is 0 Å². The molecule has 0 atom stereocenters. The molecule has 116 valence electrons. The SMILES string of the molecule is Cc1ccn(-c2cc(F)c(B3OC(C)(C)C(C)(C)O3)cn2)n1. The topological polar surface area (TPSA) is 49.2 Å². The van der Waals surface area contributed by atoms with Crippen LogP contribution in [0.2, 0.25) is 0 Å². The maximum absolute atomic E-state index is 14.5. The van der Waals surface area contributed by atoms with Crippen LogP contribution in [0.1, 0.15) is 33.4 Å². The highest BCUT2D eigenvalue weighted by Gasteiger charge is 2.52. The molecule has 2 aromatic rings. The summed E-state index contributed by atoms with van der Waals surface area (Å²) < 4.78 is 27.7. The Balaban J connectivity index is 1.91. The molecule has 0 saturated carbocycles. The summed E-state index contributed by atoms with van der Waals surface area (Å²) >= 11 is 0. The lowest BCUT2D eigenvalue weighted by atomic mass is 9.80. The molecule has 3 rings (SSSR count). The summed E-state index contributed by atoms with van der Waals surface area (Å²) in [6.45, 7) is 9.59. The van der Waals surface area contributed by atoms with Gasteiger partial charge < -0.3 is 9.31 Å². The number of halogens is 1. The van der Waals surface area contributed by atoms with E-state index in [0.717, 1.165) is 5.69 Å². The van der Waals surface area contributed by atoms with E-state index < -0.39 is 24.1 Å². The minimum absolute atomic E-state index is 0.297. The number of hydrogen-bond acceptors (Lipinski definition) is 4. The molecule has 1 saturated heterocycles. The largest absolute Gasteiger partial charge is 0.499 e. The molecule has 1 aliphatic rings. The molecule has 1 fully saturated rings. The molecule has 22 heavy (non-hydrogen) atoms. The van der Waals surface area contributed by atoms with E-state index in [1.807, 2.05) is 40.7 Å².